The van der Waals surface area contributed by atoms with Gasteiger partial charge in [0.1, 0.15) is 4.88 Å². The van der Waals surface area contributed by atoms with Gasteiger partial charge in [0.2, 0.25) is 0 Å². The van der Waals surface area contributed by atoms with E-state index in [9.17, 15) is 9.59 Å². The maximum absolute atomic E-state index is 11.9. The highest BCUT2D eigenvalue weighted by atomic mass is 32.1. The van der Waals surface area contributed by atoms with Crippen LogP contribution in [0.3, 0.4) is 0 Å². The van der Waals surface area contributed by atoms with E-state index in [0.717, 1.165) is 24.2 Å². The van der Waals surface area contributed by atoms with Gasteiger partial charge in [0.25, 0.3) is 5.91 Å². The van der Waals surface area contributed by atoms with Gasteiger partial charge in [-0.15, -0.1) is 11.3 Å². The fraction of sp³-hybridized carbons (Fsp3) is 0.500. The number of amides is 1. The molecule has 5 nitrogen and oxygen atoms in total. The summed E-state index contributed by atoms with van der Waals surface area (Å²) in [6, 6.07) is 3.02. The highest BCUT2D eigenvalue weighted by molar-refractivity contribution is 7.15. The molecule has 1 aliphatic rings. The largest absolute Gasteiger partial charge is 0.477 e. The van der Waals surface area contributed by atoms with Gasteiger partial charge in [-0.25, -0.2) is 4.79 Å². The SMILES string of the molecule is COCC(NC(=O)c1ccc(C(=O)O)s1)C1CC1. The van der Waals surface area contributed by atoms with Gasteiger partial charge in [-0.05, 0) is 30.9 Å². The molecule has 0 aromatic carbocycles. The second-order valence-corrected chi connectivity index (χ2v) is 5.43. The van der Waals surface area contributed by atoms with E-state index in [4.69, 9.17) is 9.84 Å². The Balaban J connectivity index is 1.98. The van der Waals surface area contributed by atoms with Gasteiger partial charge in [-0.3, -0.25) is 4.79 Å². The number of aromatic carboxylic acids is 1. The summed E-state index contributed by atoms with van der Waals surface area (Å²) in [6.45, 7) is 0.494. The summed E-state index contributed by atoms with van der Waals surface area (Å²) in [5.41, 5.74) is 0. The molecule has 2 rings (SSSR count). The Bertz CT molecular complexity index is 453. The van der Waals surface area contributed by atoms with Gasteiger partial charge in [0.05, 0.1) is 17.5 Å². The van der Waals surface area contributed by atoms with Crippen LogP contribution in [0.1, 0.15) is 32.2 Å². The number of carbonyl (C=O) groups is 2. The first-order chi connectivity index (χ1) is 8.61. The van der Waals surface area contributed by atoms with E-state index in [1.807, 2.05) is 0 Å². The van der Waals surface area contributed by atoms with Crippen LogP contribution < -0.4 is 5.32 Å². The Kier molecular flexibility index (Phi) is 3.98. The van der Waals surface area contributed by atoms with Crippen molar-refractivity contribution < 1.29 is 19.4 Å². The van der Waals surface area contributed by atoms with Crippen molar-refractivity contribution in [1.82, 2.24) is 5.32 Å². The molecule has 1 saturated carbocycles. The minimum absolute atomic E-state index is 0.0258. The Labute approximate surface area is 109 Å². The minimum atomic E-state index is -1.00. The van der Waals surface area contributed by atoms with Crippen molar-refractivity contribution in [3.05, 3.63) is 21.9 Å². The molecule has 1 aromatic rings. The molecule has 0 bridgehead atoms. The number of carboxylic acids is 1. The molecule has 1 heterocycles. The Hall–Kier alpha value is -1.40. The molecular weight excluding hydrogens is 254 g/mol. The third kappa shape index (κ3) is 3.08. The molecular formula is C12H15NO4S. The summed E-state index contributed by atoms with van der Waals surface area (Å²) in [6.07, 6.45) is 2.22. The van der Waals surface area contributed by atoms with Crippen LogP contribution in [0.2, 0.25) is 0 Å². The fourth-order valence-electron chi connectivity index (χ4n) is 1.79. The molecule has 1 atom stereocenters. The highest BCUT2D eigenvalue weighted by Crippen LogP contribution is 2.33. The third-order valence-corrected chi connectivity index (χ3v) is 3.97. The zero-order valence-electron chi connectivity index (χ0n) is 10.0. The number of nitrogens with one attached hydrogen (secondary N) is 1. The van der Waals surface area contributed by atoms with Crippen molar-refractivity contribution in [2.45, 2.75) is 18.9 Å². The molecule has 1 unspecified atom stereocenters. The molecule has 0 saturated heterocycles. The van der Waals surface area contributed by atoms with Crippen LogP contribution in [0.25, 0.3) is 0 Å². The molecule has 6 heteroatoms. The number of hydrogen-bond acceptors (Lipinski definition) is 4. The lowest BCUT2D eigenvalue weighted by atomic mass is 10.2. The van der Waals surface area contributed by atoms with Gasteiger partial charge >= 0.3 is 5.97 Å². The maximum Gasteiger partial charge on any atom is 0.345 e. The quantitative estimate of drug-likeness (QED) is 0.822. The first-order valence-corrected chi connectivity index (χ1v) is 6.56. The molecule has 18 heavy (non-hydrogen) atoms. The average molecular weight is 269 g/mol. The van der Waals surface area contributed by atoms with Crippen LogP contribution in [0.4, 0.5) is 0 Å². The summed E-state index contributed by atoms with van der Waals surface area (Å²) in [7, 11) is 1.61. The van der Waals surface area contributed by atoms with Crippen LogP contribution >= 0.6 is 11.3 Å². The van der Waals surface area contributed by atoms with Gasteiger partial charge in [-0.2, -0.15) is 0 Å². The topological polar surface area (TPSA) is 75.6 Å². The molecule has 1 aromatic heterocycles. The highest BCUT2D eigenvalue weighted by Gasteiger charge is 2.32. The standard InChI is InChI=1S/C12H15NO4S/c1-17-6-8(7-2-3-7)13-11(14)9-4-5-10(18-9)12(15)16/h4-5,7-8H,2-3,6H2,1H3,(H,13,14)(H,15,16). The average Bonchev–Trinajstić information content (AvgIpc) is 3.04. The monoisotopic (exact) mass is 269 g/mol. The van der Waals surface area contributed by atoms with Crippen molar-refractivity contribution in [2.24, 2.45) is 5.92 Å². The lowest BCUT2D eigenvalue weighted by Crippen LogP contribution is -2.39. The Morgan fingerprint density at radius 1 is 1.50 bits per heavy atom. The summed E-state index contributed by atoms with van der Waals surface area (Å²) in [5.74, 6) is -0.732. The van der Waals surface area contributed by atoms with Crippen molar-refractivity contribution in [3.8, 4) is 0 Å². The number of methoxy groups -OCH3 is 1. The molecule has 1 amide bonds. The Morgan fingerprint density at radius 2 is 2.17 bits per heavy atom. The van der Waals surface area contributed by atoms with E-state index in [-0.39, 0.29) is 16.8 Å². The van der Waals surface area contributed by atoms with Crippen LogP contribution in [0.5, 0.6) is 0 Å². The first-order valence-electron chi connectivity index (χ1n) is 5.74. The predicted molar refractivity (Wildman–Crippen MR) is 67.1 cm³/mol. The fourth-order valence-corrected chi connectivity index (χ4v) is 2.54. The second-order valence-electron chi connectivity index (χ2n) is 4.34. The molecule has 1 aliphatic carbocycles. The predicted octanol–water partition coefficient (Wildman–Crippen LogP) is 1.60. The number of carboxylic acid groups (broad SMARTS) is 1. The second kappa shape index (κ2) is 5.49. The van der Waals surface area contributed by atoms with E-state index in [0.29, 0.717) is 17.4 Å². The molecule has 2 N–H and O–H groups in total. The van der Waals surface area contributed by atoms with E-state index in [1.165, 1.54) is 6.07 Å². The van der Waals surface area contributed by atoms with Crippen molar-refractivity contribution in [2.75, 3.05) is 13.7 Å². The lowest BCUT2D eigenvalue weighted by molar-refractivity contribution is 0.0702. The van der Waals surface area contributed by atoms with Crippen LogP contribution in [0, 0.1) is 5.92 Å². The summed E-state index contributed by atoms with van der Waals surface area (Å²) in [5, 5.41) is 11.7. The molecule has 0 radical (unpaired) electrons. The van der Waals surface area contributed by atoms with E-state index >= 15 is 0 Å². The number of rotatable bonds is 6. The van der Waals surface area contributed by atoms with Crippen LogP contribution in [-0.4, -0.2) is 36.7 Å². The van der Waals surface area contributed by atoms with E-state index in [2.05, 4.69) is 5.32 Å². The van der Waals surface area contributed by atoms with E-state index < -0.39 is 5.97 Å². The maximum atomic E-state index is 11.9. The van der Waals surface area contributed by atoms with Crippen LogP contribution in [-0.2, 0) is 4.74 Å². The van der Waals surface area contributed by atoms with Crippen molar-refractivity contribution >= 4 is 23.2 Å². The molecule has 98 valence electrons. The van der Waals surface area contributed by atoms with Gasteiger partial charge < -0.3 is 15.2 Å². The van der Waals surface area contributed by atoms with Crippen LogP contribution in [0.15, 0.2) is 12.1 Å². The molecule has 0 aliphatic heterocycles. The van der Waals surface area contributed by atoms with E-state index in [1.54, 1.807) is 13.2 Å². The number of thiophene rings is 1. The Morgan fingerprint density at radius 3 is 2.67 bits per heavy atom. The van der Waals surface area contributed by atoms with Gasteiger partial charge in [0, 0.05) is 7.11 Å². The molecule has 1 fully saturated rings. The first kappa shape index (κ1) is 13.0. The van der Waals surface area contributed by atoms with Gasteiger partial charge in [-0.1, -0.05) is 0 Å². The third-order valence-electron chi connectivity index (χ3n) is 2.89. The molecule has 0 spiro atoms. The summed E-state index contributed by atoms with van der Waals surface area (Å²) in [4.78, 5) is 23.3. The number of hydrogen-bond donors (Lipinski definition) is 2. The smallest absolute Gasteiger partial charge is 0.345 e. The lowest BCUT2D eigenvalue weighted by Gasteiger charge is -2.16. The normalized spacial score (nSPS) is 16.3. The van der Waals surface area contributed by atoms with Crippen molar-refractivity contribution in [3.63, 3.8) is 0 Å². The summed E-state index contributed by atoms with van der Waals surface area (Å²) < 4.78 is 5.08. The zero-order valence-corrected chi connectivity index (χ0v) is 10.8. The number of ether oxygens (including phenoxy) is 1. The summed E-state index contributed by atoms with van der Waals surface area (Å²) >= 11 is 0.989. The zero-order chi connectivity index (χ0) is 13.1. The van der Waals surface area contributed by atoms with Gasteiger partial charge in [0.15, 0.2) is 0 Å². The minimum Gasteiger partial charge on any atom is -0.477 e. The number of carbonyl (C=O) groups excluding carboxylic acids is 1. The van der Waals surface area contributed by atoms with Crippen molar-refractivity contribution in [1.29, 1.82) is 0 Å².